The maximum Gasteiger partial charge on any atom is 0.258 e. The fourth-order valence-corrected chi connectivity index (χ4v) is 3.23. The molecule has 2 rings (SSSR count). The van der Waals surface area contributed by atoms with Crippen molar-refractivity contribution in [1.29, 1.82) is 0 Å². The van der Waals surface area contributed by atoms with Gasteiger partial charge in [-0.2, -0.15) is 0 Å². The number of carbonyl (C=O) groups excluding carboxylic acids is 1. The second-order valence-corrected chi connectivity index (χ2v) is 7.99. The van der Waals surface area contributed by atoms with E-state index < -0.39 is 0 Å². The molecular formula is C14H14Br2N2OS. The smallest absolute Gasteiger partial charge is 0.258 e. The molecule has 0 unspecified atom stereocenters. The van der Waals surface area contributed by atoms with E-state index in [0.717, 1.165) is 14.6 Å². The van der Waals surface area contributed by atoms with Crippen LogP contribution < -0.4 is 5.32 Å². The Morgan fingerprint density at radius 3 is 2.60 bits per heavy atom. The van der Waals surface area contributed by atoms with Crippen LogP contribution in [0.5, 0.6) is 0 Å². The van der Waals surface area contributed by atoms with Crippen LogP contribution >= 0.6 is 43.2 Å². The summed E-state index contributed by atoms with van der Waals surface area (Å²) < 4.78 is 1.62. The number of amides is 1. The van der Waals surface area contributed by atoms with Gasteiger partial charge in [-0.1, -0.05) is 36.7 Å². The lowest BCUT2D eigenvalue weighted by molar-refractivity contribution is 0.102. The first-order chi connectivity index (χ1) is 9.27. The molecule has 0 aliphatic carbocycles. The Balaban J connectivity index is 2.20. The summed E-state index contributed by atoms with van der Waals surface area (Å²) >= 11 is 8.19. The van der Waals surface area contributed by atoms with Gasteiger partial charge in [-0.25, -0.2) is 4.98 Å². The number of benzene rings is 1. The van der Waals surface area contributed by atoms with Gasteiger partial charge < -0.3 is 0 Å². The Kier molecular flexibility index (Phi) is 4.66. The predicted molar refractivity (Wildman–Crippen MR) is 90.6 cm³/mol. The molecule has 1 aromatic heterocycles. The Morgan fingerprint density at radius 2 is 2.00 bits per heavy atom. The van der Waals surface area contributed by atoms with E-state index in [1.54, 1.807) is 6.07 Å². The van der Waals surface area contributed by atoms with Gasteiger partial charge in [0.05, 0.1) is 11.3 Å². The normalized spacial score (nSPS) is 11.4. The molecule has 1 aromatic carbocycles. The molecule has 0 atom stereocenters. The van der Waals surface area contributed by atoms with Crippen LogP contribution in [0.4, 0.5) is 5.13 Å². The van der Waals surface area contributed by atoms with Gasteiger partial charge in [-0.05, 0) is 34.1 Å². The maximum absolute atomic E-state index is 12.3. The molecular weight excluding hydrogens is 404 g/mol. The summed E-state index contributed by atoms with van der Waals surface area (Å²) in [6.07, 6.45) is 0. The first-order valence-corrected chi connectivity index (χ1v) is 8.46. The van der Waals surface area contributed by atoms with Crippen LogP contribution in [0.15, 0.2) is 32.5 Å². The summed E-state index contributed by atoms with van der Waals surface area (Å²) in [6, 6.07) is 5.49. The largest absolute Gasteiger partial charge is 0.298 e. The minimum Gasteiger partial charge on any atom is -0.298 e. The lowest BCUT2D eigenvalue weighted by Crippen LogP contribution is -2.14. The molecule has 0 fully saturated rings. The number of carbonyl (C=O) groups is 1. The number of nitrogens with one attached hydrogen (secondary N) is 1. The number of rotatable bonds is 2. The fraction of sp³-hybridized carbons (Fsp3) is 0.286. The summed E-state index contributed by atoms with van der Waals surface area (Å²) in [4.78, 5) is 16.7. The standard InChI is InChI=1S/C14H14Br2N2OS/c1-14(2,3)11-7-20-13(17-11)18-12(19)9-6-8(15)4-5-10(9)16/h4-7H,1-3H3,(H,17,18,19). The van der Waals surface area contributed by atoms with Crippen LogP contribution in [0.1, 0.15) is 36.8 Å². The first kappa shape index (κ1) is 15.7. The number of nitrogens with zero attached hydrogens (tertiary/aromatic N) is 1. The average Bonchev–Trinajstić information content (AvgIpc) is 2.80. The molecule has 20 heavy (non-hydrogen) atoms. The third-order valence-corrected chi connectivity index (χ3v) is 4.61. The van der Waals surface area contributed by atoms with E-state index in [2.05, 4.69) is 62.9 Å². The number of halogens is 2. The monoisotopic (exact) mass is 416 g/mol. The molecule has 106 valence electrons. The number of anilines is 1. The van der Waals surface area contributed by atoms with E-state index in [1.807, 2.05) is 17.5 Å². The molecule has 3 nitrogen and oxygen atoms in total. The molecule has 0 saturated carbocycles. The van der Waals surface area contributed by atoms with E-state index in [9.17, 15) is 4.79 Å². The van der Waals surface area contributed by atoms with E-state index >= 15 is 0 Å². The number of thiazole rings is 1. The molecule has 1 amide bonds. The number of aromatic nitrogens is 1. The summed E-state index contributed by atoms with van der Waals surface area (Å²) in [7, 11) is 0. The number of hydrogen-bond acceptors (Lipinski definition) is 3. The molecule has 0 saturated heterocycles. The second-order valence-electron chi connectivity index (χ2n) is 5.37. The van der Waals surface area contributed by atoms with Crippen LogP contribution in [-0.4, -0.2) is 10.9 Å². The molecule has 0 bridgehead atoms. The predicted octanol–water partition coefficient (Wildman–Crippen LogP) is 5.22. The van der Waals surface area contributed by atoms with Gasteiger partial charge in [0.2, 0.25) is 0 Å². The SMILES string of the molecule is CC(C)(C)c1csc(NC(=O)c2cc(Br)ccc2Br)n1. The number of hydrogen-bond donors (Lipinski definition) is 1. The van der Waals surface area contributed by atoms with Crippen LogP contribution in [0.2, 0.25) is 0 Å². The zero-order valence-corrected chi connectivity index (χ0v) is 15.3. The van der Waals surface area contributed by atoms with E-state index in [1.165, 1.54) is 11.3 Å². The quantitative estimate of drug-likeness (QED) is 0.727. The van der Waals surface area contributed by atoms with Crippen molar-refractivity contribution >= 4 is 54.2 Å². The highest BCUT2D eigenvalue weighted by molar-refractivity contribution is 9.11. The van der Waals surface area contributed by atoms with Crippen molar-refractivity contribution in [3.8, 4) is 0 Å². The summed E-state index contributed by atoms with van der Waals surface area (Å²) in [5.41, 5.74) is 1.54. The van der Waals surface area contributed by atoms with Gasteiger partial charge in [-0.3, -0.25) is 10.1 Å². The molecule has 0 radical (unpaired) electrons. The second kappa shape index (κ2) is 5.95. The molecule has 1 heterocycles. The van der Waals surface area contributed by atoms with Gasteiger partial charge in [0.25, 0.3) is 5.91 Å². The maximum atomic E-state index is 12.3. The first-order valence-electron chi connectivity index (χ1n) is 6.00. The zero-order chi connectivity index (χ0) is 14.9. The third-order valence-electron chi connectivity index (χ3n) is 2.67. The van der Waals surface area contributed by atoms with Crippen molar-refractivity contribution in [1.82, 2.24) is 4.98 Å². The van der Waals surface area contributed by atoms with E-state index in [4.69, 9.17) is 0 Å². The van der Waals surface area contributed by atoms with E-state index in [0.29, 0.717) is 10.7 Å². The summed E-state index contributed by atoms with van der Waals surface area (Å²) in [6.45, 7) is 6.29. The van der Waals surface area contributed by atoms with Gasteiger partial charge in [0.1, 0.15) is 0 Å². The molecule has 1 N–H and O–H groups in total. The zero-order valence-electron chi connectivity index (χ0n) is 11.3. The lowest BCUT2D eigenvalue weighted by atomic mass is 9.93. The minimum absolute atomic E-state index is 0.0180. The highest BCUT2D eigenvalue weighted by atomic mass is 79.9. The van der Waals surface area contributed by atoms with Crippen LogP contribution in [0, 0.1) is 0 Å². The third kappa shape index (κ3) is 3.68. The minimum atomic E-state index is -0.173. The molecule has 0 aliphatic heterocycles. The van der Waals surface area contributed by atoms with Crippen LogP contribution in [-0.2, 0) is 5.41 Å². The Labute approximate surface area is 139 Å². The summed E-state index contributed by atoms with van der Waals surface area (Å²) in [5.74, 6) is -0.173. The van der Waals surface area contributed by atoms with Gasteiger partial charge in [0, 0.05) is 19.7 Å². The van der Waals surface area contributed by atoms with Crippen molar-refractivity contribution in [2.75, 3.05) is 5.32 Å². The van der Waals surface area contributed by atoms with Crippen molar-refractivity contribution in [2.24, 2.45) is 0 Å². The van der Waals surface area contributed by atoms with Crippen molar-refractivity contribution in [3.05, 3.63) is 43.8 Å². The fourth-order valence-electron chi connectivity index (χ4n) is 1.51. The average molecular weight is 418 g/mol. The van der Waals surface area contributed by atoms with E-state index in [-0.39, 0.29) is 11.3 Å². The molecule has 2 aromatic rings. The van der Waals surface area contributed by atoms with Crippen molar-refractivity contribution in [2.45, 2.75) is 26.2 Å². The lowest BCUT2D eigenvalue weighted by Gasteiger charge is -2.14. The van der Waals surface area contributed by atoms with Crippen LogP contribution in [0.3, 0.4) is 0 Å². The molecule has 0 spiro atoms. The van der Waals surface area contributed by atoms with Crippen molar-refractivity contribution in [3.63, 3.8) is 0 Å². The Morgan fingerprint density at radius 1 is 1.30 bits per heavy atom. The van der Waals surface area contributed by atoms with Crippen LogP contribution in [0.25, 0.3) is 0 Å². The topological polar surface area (TPSA) is 42.0 Å². The van der Waals surface area contributed by atoms with Gasteiger partial charge in [0.15, 0.2) is 5.13 Å². The highest BCUT2D eigenvalue weighted by Gasteiger charge is 2.19. The molecule has 6 heteroatoms. The van der Waals surface area contributed by atoms with Crippen molar-refractivity contribution < 1.29 is 4.79 Å². The summed E-state index contributed by atoms with van der Waals surface area (Å²) in [5, 5.41) is 5.43. The van der Waals surface area contributed by atoms with Gasteiger partial charge >= 0.3 is 0 Å². The highest BCUT2D eigenvalue weighted by Crippen LogP contribution is 2.27. The Bertz CT molecular complexity index is 647. The van der Waals surface area contributed by atoms with Gasteiger partial charge in [-0.15, -0.1) is 11.3 Å². The molecule has 0 aliphatic rings. The Hall–Kier alpha value is -0.720.